The van der Waals surface area contributed by atoms with Crippen LogP contribution in [0.15, 0.2) is 72.8 Å². The van der Waals surface area contributed by atoms with Crippen LogP contribution in [0.5, 0.6) is 0 Å². The van der Waals surface area contributed by atoms with Crippen molar-refractivity contribution in [3.05, 3.63) is 95.3 Å². The van der Waals surface area contributed by atoms with E-state index in [1.165, 1.54) is 12.1 Å². The smallest absolute Gasteiger partial charge is 0.248 e. The third-order valence-corrected chi connectivity index (χ3v) is 6.28. The van der Waals surface area contributed by atoms with Gasteiger partial charge in [-0.2, -0.15) is 0 Å². The fourth-order valence-corrected chi connectivity index (χ4v) is 4.37. The van der Waals surface area contributed by atoms with Gasteiger partial charge in [0.15, 0.2) is 0 Å². The molecule has 4 N–H and O–H groups in total. The lowest BCUT2D eigenvalue weighted by molar-refractivity contribution is -0.119. The van der Waals surface area contributed by atoms with Gasteiger partial charge in [-0.1, -0.05) is 36.4 Å². The van der Waals surface area contributed by atoms with Gasteiger partial charge in [0.1, 0.15) is 5.82 Å². The Hall–Kier alpha value is -3.97. The second kappa shape index (κ2) is 10.5. The molecule has 0 spiro atoms. The number of likely N-dealkylation sites (tertiary alicyclic amines) is 1. The quantitative estimate of drug-likeness (QED) is 0.360. The molecule has 180 valence electrons. The second-order valence-electron chi connectivity index (χ2n) is 8.96. The molecule has 1 saturated heterocycles. The summed E-state index contributed by atoms with van der Waals surface area (Å²) in [6, 6.07) is 19.6. The monoisotopic (exact) mass is 472 g/mol. The van der Waals surface area contributed by atoms with Crippen LogP contribution in [0.1, 0.15) is 22.6 Å². The number of carbonyl (C=O) groups is 2. The number of nitrogen functional groups attached to an aromatic ring is 1. The molecule has 1 fully saturated rings. The Morgan fingerprint density at radius 3 is 2.49 bits per heavy atom. The van der Waals surface area contributed by atoms with Crippen LogP contribution in [0.2, 0.25) is 0 Å². The summed E-state index contributed by atoms with van der Waals surface area (Å²) < 4.78 is 13.6. The summed E-state index contributed by atoms with van der Waals surface area (Å²) in [5.74, 6) is -0.835. The van der Waals surface area contributed by atoms with Crippen LogP contribution in [0.3, 0.4) is 0 Å². The van der Waals surface area contributed by atoms with E-state index in [0.717, 1.165) is 17.7 Å². The fourth-order valence-electron chi connectivity index (χ4n) is 4.37. The molecule has 0 bridgehead atoms. The van der Waals surface area contributed by atoms with Crippen molar-refractivity contribution < 1.29 is 14.0 Å². The van der Waals surface area contributed by atoms with E-state index in [1.54, 1.807) is 37.3 Å². The highest BCUT2D eigenvalue weighted by Gasteiger charge is 2.37. The average molecular weight is 473 g/mol. The van der Waals surface area contributed by atoms with E-state index in [1.807, 2.05) is 43.4 Å². The first-order valence-electron chi connectivity index (χ1n) is 11.5. The number of halogens is 1. The van der Waals surface area contributed by atoms with Crippen LogP contribution in [0.4, 0.5) is 21.5 Å². The lowest BCUT2D eigenvalue weighted by Crippen LogP contribution is -2.28. The first kappa shape index (κ1) is 24.2. The van der Waals surface area contributed by atoms with Crippen LogP contribution in [-0.4, -0.2) is 36.9 Å². The Kier molecular flexibility index (Phi) is 7.27. The molecule has 6 nitrogen and oxygen atoms in total. The summed E-state index contributed by atoms with van der Waals surface area (Å²) >= 11 is 0. The number of anilines is 3. The summed E-state index contributed by atoms with van der Waals surface area (Å²) in [5.41, 5.74) is 9.97. The maximum Gasteiger partial charge on any atom is 0.248 e. The molecule has 1 aliphatic heterocycles. The number of likely N-dealkylation sites (N-methyl/N-ethyl adjacent to an activating group) is 1. The highest BCUT2D eigenvalue weighted by Crippen LogP contribution is 2.33. The molecule has 7 heteroatoms. The van der Waals surface area contributed by atoms with Crippen LogP contribution in [-0.2, 0) is 9.59 Å². The van der Waals surface area contributed by atoms with Crippen molar-refractivity contribution in [1.82, 2.24) is 4.90 Å². The van der Waals surface area contributed by atoms with Crippen LogP contribution in [0, 0.1) is 18.7 Å². The molecule has 0 aliphatic carbocycles. The van der Waals surface area contributed by atoms with Gasteiger partial charge in [0.05, 0.1) is 17.3 Å². The highest BCUT2D eigenvalue weighted by atomic mass is 19.1. The van der Waals surface area contributed by atoms with E-state index in [2.05, 4.69) is 15.5 Å². The number of aryl methyl sites for hydroxylation is 1. The van der Waals surface area contributed by atoms with E-state index >= 15 is 0 Å². The zero-order valence-corrected chi connectivity index (χ0v) is 19.8. The summed E-state index contributed by atoms with van der Waals surface area (Å²) in [6.07, 6.45) is 3.20. The van der Waals surface area contributed by atoms with Gasteiger partial charge in [0.2, 0.25) is 11.8 Å². The minimum Gasteiger partial charge on any atom is -0.397 e. The zero-order valence-electron chi connectivity index (χ0n) is 19.8. The molecule has 4 rings (SSSR count). The van der Waals surface area contributed by atoms with Gasteiger partial charge in [0.25, 0.3) is 0 Å². The predicted molar refractivity (Wildman–Crippen MR) is 138 cm³/mol. The lowest BCUT2D eigenvalue weighted by atomic mass is 9.88. The van der Waals surface area contributed by atoms with Crippen LogP contribution < -0.4 is 16.4 Å². The number of nitrogens with zero attached hydrogens (tertiary/aromatic N) is 1. The topological polar surface area (TPSA) is 87.5 Å². The molecular weight excluding hydrogens is 443 g/mol. The van der Waals surface area contributed by atoms with Gasteiger partial charge in [0, 0.05) is 30.8 Å². The number of benzene rings is 3. The molecule has 0 saturated carbocycles. The van der Waals surface area contributed by atoms with Crippen molar-refractivity contribution in [2.75, 3.05) is 36.5 Å². The van der Waals surface area contributed by atoms with E-state index in [-0.39, 0.29) is 29.5 Å². The molecule has 0 aromatic heterocycles. The van der Waals surface area contributed by atoms with Gasteiger partial charge in [-0.25, -0.2) is 4.39 Å². The third kappa shape index (κ3) is 5.94. The largest absolute Gasteiger partial charge is 0.397 e. The predicted octanol–water partition coefficient (Wildman–Crippen LogP) is 4.65. The number of nitrogens with one attached hydrogen (secondary N) is 2. The van der Waals surface area contributed by atoms with Gasteiger partial charge in [-0.15, -0.1) is 0 Å². The standard InChI is InChI=1S/C28H29FN4O2/c1-18-15-21(12-13-24(18)29)31-28(35)23-17-33(2)16-22(23)20-10-7-19(8-11-20)9-14-27(34)32-26-6-4-3-5-25(26)30/h3-15,22-23H,16-17,30H2,1-2H3,(H,31,35)(H,32,34)/b14-9+/t22-,23+/m1/s1. The highest BCUT2D eigenvalue weighted by molar-refractivity contribution is 6.03. The summed E-state index contributed by atoms with van der Waals surface area (Å²) in [7, 11) is 2.00. The second-order valence-corrected chi connectivity index (χ2v) is 8.96. The number of amides is 2. The molecule has 3 aromatic carbocycles. The molecule has 1 aliphatic rings. The molecule has 2 amide bonds. The number of hydrogen-bond donors (Lipinski definition) is 3. The van der Waals surface area contributed by atoms with Crippen molar-refractivity contribution in [2.45, 2.75) is 12.8 Å². The van der Waals surface area contributed by atoms with E-state index in [4.69, 9.17) is 5.73 Å². The SMILES string of the molecule is Cc1cc(NC(=O)[C@H]2CN(C)C[C@@H]2c2ccc(/C=C/C(=O)Nc3ccccc3N)cc2)ccc1F. The van der Waals surface area contributed by atoms with Gasteiger partial charge in [-0.3, -0.25) is 9.59 Å². The minimum atomic E-state index is -0.294. The van der Waals surface area contributed by atoms with E-state index in [9.17, 15) is 14.0 Å². The van der Waals surface area contributed by atoms with Gasteiger partial charge < -0.3 is 21.3 Å². The van der Waals surface area contributed by atoms with Crippen molar-refractivity contribution in [3.63, 3.8) is 0 Å². The molecular formula is C28H29FN4O2. The number of nitrogens with two attached hydrogens (primary N) is 1. The average Bonchev–Trinajstić information content (AvgIpc) is 3.24. The maximum atomic E-state index is 13.6. The zero-order chi connectivity index (χ0) is 24.9. The lowest BCUT2D eigenvalue weighted by Gasteiger charge is -2.19. The van der Waals surface area contributed by atoms with Crippen molar-refractivity contribution in [3.8, 4) is 0 Å². The number of carbonyl (C=O) groups excluding carboxylic acids is 2. The summed E-state index contributed by atoms with van der Waals surface area (Å²) in [5, 5.41) is 5.71. The van der Waals surface area contributed by atoms with Crippen molar-refractivity contribution in [2.24, 2.45) is 5.92 Å². The number of rotatable bonds is 6. The number of para-hydroxylation sites is 2. The molecule has 0 radical (unpaired) electrons. The number of hydrogen-bond acceptors (Lipinski definition) is 4. The molecule has 35 heavy (non-hydrogen) atoms. The molecule has 1 heterocycles. The summed E-state index contributed by atoms with van der Waals surface area (Å²) in [4.78, 5) is 27.4. The molecule has 2 atom stereocenters. The van der Waals surface area contributed by atoms with Crippen LogP contribution in [0.25, 0.3) is 6.08 Å². The third-order valence-electron chi connectivity index (χ3n) is 6.28. The Labute approximate surface area is 204 Å². The van der Waals surface area contributed by atoms with Gasteiger partial charge in [-0.05, 0) is 67.1 Å². The fraction of sp³-hybridized carbons (Fsp3) is 0.214. The minimum absolute atomic E-state index is 0.0314. The van der Waals surface area contributed by atoms with E-state index < -0.39 is 0 Å². The molecule has 0 unspecified atom stereocenters. The summed E-state index contributed by atoms with van der Waals surface area (Å²) in [6.45, 7) is 3.08. The Bertz CT molecular complexity index is 1260. The first-order chi connectivity index (χ1) is 16.8. The van der Waals surface area contributed by atoms with Gasteiger partial charge >= 0.3 is 0 Å². The maximum absolute atomic E-state index is 13.6. The van der Waals surface area contributed by atoms with E-state index in [0.29, 0.717) is 29.2 Å². The first-order valence-corrected chi connectivity index (χ1v) is 11.5. The van der Waals surface area contributed by atoms with Crippen LogP contribution >= 0.6 is 0 Å². The Balaban J connectivity index is 1.41. The normalized spacial score (nSPS) is 18.0. The Morgan fingerprint density at radius 2 is 1.77 bits per heavy atom. The van der Waals surface area contributed by atoms with Crippen molar-refractivity contribution in [1.29, 1.82) is 0 Å². The molecule has 3 aromatic rings. The van der Waals surface area contributed by atoms with Crippen molar-refractivity contribution >= 4 is 35.0 Å². The Morgan fingerprint density at radius 1 is 1.03 bits per heavy atom.